The van der Waals surface area contributed by atoms with Crippen LogP contribution in [0, 0.1) is 0 Å². The van der Waals surface area contributed by atoms with Crippen LogP contribution in [0.3, 0.4) is 0 Å². The summed E-state index contributed by atoms with van der Waals surface area (Å²) in [5.74, 6) is 0. The van der Waals surface area contributed by atoms with Crippen LogP contribution < -0.4 is 10.6 Å². The maximum absolute atomic E-state index is 12.4. The number of nitrogens with one attached hydrogen (secondary N) is 2. The predicted molar refractivity (Wildman–Crippen MR) is 131 cm³/mol. The monoisotopic (exact) mass is 439 g/mol. The summed E-state index contributed by atoms with van der Waals surface area (Å²) >= 11 is 0. The molecule has 0 radical (unpaired) electrons. The third kappa shape index (κ3) is 5.41. The minimum atomic E-state index is -0.101. The Morgan fingerprint density at radius 1 is 0.879 bits per heavy atom. The number of imidazole rings is 1. The van der Waals surface area contributed by atoms with Crippen molar-refractivity contribution < 1.29 is 4.79 Å². The first kappa shape index (κ1) is 21.2. The number of amides is 2. The molecule has 6 heteroatoms. The van der Waals surface area contributed by atoms with Crippen molar-refractivity contribution in [1.29, 1.82) is 0 Å². The maximum Gasteiger partial charge on any atom is 0.315 e. The minimum absolute atomic E-state index is 0.101. The first-order valence-corrected chi connectivity index (χ1v) is 11.5. The highest BCUT2D eigenvalue weighted by Gasteiger charge is 2.23. The summed E-state index contributed by atoms with van der Waals surface area (Å²) in [5, 5.41) is 6.12. The van der Waals surface area contributed by atoms with E-state index >= 15 is 0 Å². The quantitative estimate of drug-likeness (QED) is 0.455. The van der Waals surface area contributed by atoms with E-state index in [0.717, 1.165) is 49.2 Å². The van der Waals surface area contributed by atoms with E-state index in [1.807, 2.05) is 30.6 Å². The molecule has 6 nitrogen and oxygen atoms in total. The standard InChI is InChI=1S/C27H29N5O/c33-27(30-24-14-15-31(19-24)17-22-6-2-1-3-7-22)28-16-21-10-12-23(13-11-21)18-32-20-29-25-8-4-5-9-26(25)32/h1-13,20,24H,14-19H2,(H2,28,30,33). The molecule has 33 heavy (non-hydrogen) atoms. The molecule has 1 atom stereocenters. The molecular formula is C27H29N5O. The van der Waals surface area contributed by atoms with Crippen molar-refractivity contribution in [2.45, 2.75) is 32.1 Å². The second-order valence-electron chi connectivity index (χ2n) is 8.71. The molecule has 168 valence electrons. The lowest BCUT2D eigenvalue weighted by molar-refractivity contribution is 0.235. The van der Waals surface area contributed by atoms with Gasteiger partial charge in [-0.2, -0.15) is 0 Å². The number of aromatic nitrogens is 2. The molecule has 1 aliphatic heterocycles. The Labute approximate surface area is 194 Å². The van der Waals surface area contributed by atoms with Gasteiger partial charge in [0.05, 0.1) is 17.4 Å². The average molecular weight is 440 g/mol. The second-order valence-corrected chi connectivity index (χ2v) is 8.71. The number of likely N-dealkylation sites (tertiary alicyclic amines) is 1. The average Bonchev–Trinajstić information content (AvgIpc) is 3.46. The number of carbonyl (C=O) groups excluding carboxylic acids is 1. The van der Waals surface area contributed by atoms with Gasteiger partial charge >= 0.3 is 6.03 Å². The van der Waals surface area contributed by atoms with Gasteiger partial charge in [0.25, 0.3) is 0 Å². The molecule has 2 N–H and O–H groups in total. The SMILES string of the molecule is O=C(NCc1ccc(Cn2cnc3ccccc32)cc1)NC1CCN(Cc2ccccc2)C1. The number of urea groups is 1. The smallest absolute Gasteiger partial charge is 0.315 e. The maximum atomic E-state index is 12.4. The van der Waals surface area contributed by atoms with Crippen molar-refractivity contribution in [3.05, 3.63) is 102 Å². The van der Waals surface area contributed by atoms with Gasteiger partial charge in [-0.15, -0.1) is 0 Å². The van der Waals surface area contributed by atoms with Crippen LogP contribution in [0.25, 0.3) is 11.0 Å². The van der Waals surface area contributed by atoms with Crippen LogP contribution in [0.2, 0.25) is 0 Å². The normalized spacial score (nSPS) is 16.2. The summed E-state index contributed by atoms with van der Waals surface area (Å²) in [7, 11) is 0. The van der Waals surface area contributed by atoms with Crippen LogP contribution in [0.1, 0.15) is 23.1 Å². The Kier molecular flexibility index (Phi) is 6.35. The van der Waals surface area contributed by atoms with Gasteiger partial charge in [-0.1, -0.05) is 66.7 Å². The Morgan fingerprint density at radius 2 is 1.61 bits per heavy atom. The van der Waals surface area contributed by atoms with Crippen molar-refractivity contribution >= 4 is 17.1 Å². The number of rotatable bonds is 7. The Balaban J connectivity index is 1.07. The van der Waals surface area contributed by atoms with Crippen LogP contribution in [0.4, 0.5) is 4.79 Å². The van der Waals surface area contributed by atoms with Gasteiger partial charge in [-0.3, -0.25) is 4.90 Å². The molecule has 0 saturated carbocycles. The lowest BCUT2D eigenvalue weighted by atomic mass is 10.1. The van der Waals surface area contributed by atoms with Crippen molar-refractivity contribution in [1.82, 2.24) is 25.1 Å². The van der Waals surface area contributed by atoms with Gasteiger partial charge in [0.2, 0.25) is 0 Å². The van der Waals surface area contributed by atoms with Gasteiger partial charge in [0.1, 0.15) is 0 Å². The topological polar surface area (TPSA) is 62.2 Å². The number of para-hydroxylation sites is 2. The fourth-order valence-electron chi connectivity index (χ4n) is 4.45. The molecule has 1 aliphatic rings. The fourth-order valence-corrected chi connectivity index (χ4v) is 4.45. The van der Waals surface area contributed by atoms with E-state index in [1.165, 1.54) is 11.1 Å². The summed E-state index contributed by atoms with van der Waals surface area (Å²) < 4.78 is 2.15. The molecule has 5 rings (SSSR count). The Bertz CT molecular complexity index is 1200. The van der Waals surface area contributed by atoms with Crippen molar-refractivity contribution in [2.24, 2.45) is 0 Å². The van der Waals surface area contributed by atoms with E-state index in [4.69, 9.17) is 0 Å². The van der Waals surface area contributed by atoms with E-state index in [0.29, 0.717) is 6.54 Å². The van der Waals surface area contributed by atoms with Gasteiger partial charge in [-0.05, 0) is 35.2 Å². The third-order valence-electron chi connectivity index (χ3n) is 6.21. The predicted octanol–water partition coefficient (Wildman–Crippen LogP) is 4.16. The number of hydrogen-bond acceptors (Lipinski definition) is 3. The van der Waals surface area contributed by atoms with Crippen LogP contribution in [0.5, 0.6) is 0 Å². The van der Waals surface area contributed by atoms with Gasteiger partial charge in [-0.25, -0.2) is 9.78 Å². The first-order chi connectivity index (χ1) is 16.2. The highest BCUT2D eigenvalue weighted by molar-refractivity contribution is 5.75. The third-order valence-corrected chi connectivity index (χ3v) is 6.21. The number of hydrogen-bond donors (Lipinski definition) is 2. The van der Waals surface area contributed by atoms with Gasteiger partial charge in [0, 0.05) is 38.8 Å². The highest BCUT2D eigenvalue weighted by atomic mass is 16.2. The summed E-state index contributed by atoms with van der Waals surface area (Å²) in [6.07, 6.45) is 2.87. The van der Waals surface area contributed by atoms with Crippen molar-refractivity contribution in [3.8, 4) is 0 Å². The van der Waals surface area contributed by atoms with Crippen molar-refractivity contribution in [3.63, 3.8) is 0 Å². The van der Waals surface area contributed by atoms with Crippen LogP contribution in [-0.4, -0.2) is 39.6 Å². The molecule has 1 saturated heterocycles. The molecule has 2 heterocycles. The second kappa shape index (κ2) is 9.88. The number of nitrogens with zero attached hydrogens (tertiary/aromatic N) is 3. The van der Waals surface area contributed by atoms with E-state index in [9.17, 15) is 4.79 Å². The molecule has 2 amide bonds. The molecule has 0 spiro atoms. The van der Waals surface area contributed by atoms with E-state index in [2.05, 4.69) is 79.7 Å². The molecule has 1 unspecified atom stereocenters. The van der Waals surface area contributed by atoms with Crippen LogP contribution in [0.15, 0.2) is 85.2 Å². The lowest BCUT2D eigenvalue weighted by Crippen LogP contribution is -2.43. The number of benzene rings is 3. The zero-order chi connectivity index (χ0) is 22.5. The summed E-state index contributed by atoms with van der Waals surface area (Å²) in [6, 6.07) is 27.1. The van der Waals surface area contributed by atoms with Crippen LogP contribution >= 0.6 is 0 Å². The largest absolute Gasteiger partial charge is 0.334 e. The molecule has 3 aromatic carbocycles. The Hall–Kier alpha value is -3.64. The molecule has 0 bridgehead atoms. The summed E-state index contributed by atoms with van der Waals surface area (Å²) in [5.41, 5.74) is 5.74. The van der Waals surface area contributed by atoms with Crippen LogP contribution in [-0.2, 0) is 19.6 Å². The molecule has 1 aromatic heterocycles. The fraction of sp³-hybridized carbons (Fsp3) is 0.259. The number of carbonyl (C=O) groups is 1. The van der Waals surface area contributed by atoms with E-state index < -0.39 is 0 Å². The molecule has 0 aliphatic carbocycles. The number of fused-ring (bicyclic) bond motifs is 1. The summed E-state index contributed by atoms with van der Waals surface area (Å²) in [4.78, 5) is 19.2. The van der Waals surface area contributed by atoms with Gasteiger partial charge in [0.15, 0.2) is 0 Å². The lowest BCUT2D eigenvalue weighted by Gasteiger charge is -2.17. The summed E-state index contributed by atoms with van der Waals surface area (Å²) in [6.45, 7) is 4.12. The van der Waals surface area contributed by atoms with Crippen molar-refractivity contribution in [2.75, 3.05) is 13.1 Å². The van der Waals surface area contributed by atoms with E-state index in [-0.39, 0.29) is 12.1 Å². The minimum Gasteiger partial charge on any atom is -0.334 e. The first-order valence-electron chi connectivity index (χ1n) is 11.5. The van der Waals surface area contributed by atoms with Gasteiger partial charge < -0.3 is 15.2 Å². The molecular weight excluding hydrogens is 410 g/mol. The Morgan fingerprint density at radius 3 is 2.45 bits per heavy atom. The van der Waals surface area contributed by atoms with E-state index in [1.54, 1.807) is 0 Å². The zero-order valence-electron chi connectivity index (χ0n) is 18.7. The highest BCUT2D eigenvalue weighted by Crippen LogP contribution is 2.15. The molecule has 4 aromatic rings. The molecule has 1 fully saturated rings. The zero-order valence-corrected chi connectivity index (χ0v) is 18.7.